The summed E-state index contributed by atoms with van der Waals surface area (Å²) in [5.74, 6) is 0. The van der Waals surface area contributed by atoms with Gasteiger partial charge in [0.05, 0.1) is 5.41 Å². The maximum atomic E-state index is 3.76. The van der Waals surface area contributed by atoms with Crippen LogP contribution in [0.15, 0.2) is 103 Å². The highest BCUT2D eigenvalue weighted by atomic mass is 14.4. The molecule has 0 nitrogen and oxygen atoms in total. The zero-order valence-electron chi connectivity index (χ0n) is 16.0. The molecule has 0 spiro atoms. The van der Waals surface area contributed by atoms with E-state index in [-0.39, 0.29) is 5.41 Å². The molecular weight excluding hydrogens is 348 g/mol. The molecule has 4 aromatic rings. The van der Waals surface area contributed by atoms with Gasteiger partial charge in [-0.05, 0) is 62.0 Å². The third kappa shape index (κ3) is 2.33. The molecule has 2 aliphatic carbocycles. The van der Waals surface area contributed by atoms with E-state index >= 15 is 0 Å². The monoisotopic (exact) mass is 367 g/mol. The fourth-order valence-corrected chi connectivity index (χ4v) is 4.84. The van der Waals surface area contributed by atoms with Gasteiger partial charge < -0.3 is 0 Å². The molecule has 0 aromatic heterocycles. The van der Waals surface area contributed by atoms with Crippen molar-refractivity contribution < 1.29 is 0 Å². The second kappa shape index (κ2) is 6.18. The maximum Gasteiger partial charge on any atom is 0.0641 e. The summed E-state index contributed by atoms with van der Waals surface area (Å²) in [5.41, 5.74) is 7.29. The summed E-state index contributed by atoms with van der Waals surface area (Å²) >= 11 is 0. The fourth-order valence-electron chi connectivity index (χ4n) is 4.84. The van der Waals surface area contributed by atoms with Gasteiger partial charge in [0.25, 0.3) is 0 Å². The van der Waals surface area contributed by atoms with Crippen molar-refractivity contribution in [2.45, 2.75) is 5.41 Å². The van der Waals surface area contributed by atoms with Crippen LogP contribution in [0.1, 0.15) is 22.3 Å². The van der Waals surface area contributed by atoms with Crippen molar-refractivity contribution in [1.29, 1.82) is 0 Å². The Bertz CT molecular complexity index is 1330. The Morgan fingerprint density at radius 2 is 1.34 bits per heavy atom. The molecule has 0 atom stereocenters. The van der Waals surface area contributed by atoms with E-state index in [9.17, 15) is 0 Å². The molecule has 1 radical (unpaired) electrons. The van der Waals surface area contributed by atoms with Gasteiger partial charge in [-0.1, -0.05) is 103 Å². The minimum Gasteiger partial charge on any atom is -0.0652 e. The molecule has 0 heteroatoms. The van der Waals surface area contributed by atoms with Crippen LogP contribution in [0, 0.1) is 6.07 Å². The van der Waals surface area contributed by atoms with E-state index in [1.807, 2.05) is 0 Å². The highest BCUT2D eigenvalue weighted by Gasteiger charge is 2.36. The number of allylic oxidation sites excluding steroid dienone is 2. The highest BCUT2D eigenvalue weighted by molar-refractivity contribution is 5.83. The Hall–Kier alpha value is -3.64. The topological polar surface area (TPSA) is 0 Å². The molecule has 2 aliphatic rings. The standard InChI is InChI=1S/C29H19/c1-3-12-24(13-4-1)29(25-14-5-2-6-15-25)17-9-11-22-19-27-23(20-28(22)29)18-21-10-7-8-16-26(21)27/h1-18,20H. The van der Waals surface area contributed by atoms with Crippen molar-refractivity contribution in [3.05, 3.63) is 142 Å². The predicted molar refractivity (Wildman–Crippen MR) is 120 cm³/mol. The lowest BCUT2D eigenvalue weighted by Gasteiger charge is -2.35. The molecule has 6 rings (SSSR count). The van der Waals surface area contributed by atoms with Gasteiger partial charge in [0.1, 0.15) is 0 Å². The summed E-state index contributed by atoms with van der Waals surface area (Å²) in [6.07, 6.45) is 9.01. The summed E-state index contributed by atoms with van der Waals surface area (Å²) in [6.45, 7) is 0. The average molecular weight is 367 g/mol. The number of fused-ring (bicyclic) bond motifs is 4. The van der Waals surface area contributed by atoms with E-state index < -0.39 is 0 Å². The molecule has 0 amide bonds. The Morgan fingerprint density at radius 3 is 2.07 bits per heavy atom. The van der Waals surface area contributed by atoms with Crippen molar-refractivity contribution in [3.63, 3.8) is 0 Å². The quantitative estimate of drug-likeness (QED) is 0.413. The summed E-state index contributed by atoms with van der Waals surface area (Å²) in [5, 5.41) is 2.42. The van der Waals surface area contributed by atoms with E-state index in [1.165, 1.54) is 43.8 Å². The van der Waals surface area contributed by atoms with Gasteiger partial charge in [-0.2, -0.15) is 0 Å². The lowest BCUT2D eigenvalue weighted by molar-refractivity contribution is 0.767. The van der Waals surface area contributed by atoms with E-state index in [0.717, 1.165) is 0 Å². The number of hydrogen-bond donors (Lipinski definition) is 0. The summed E-state index contributed by atoms with van der Waals surface area (Å²) in [6, 6.07) is 36.4. The molecule has 0 N–H and O–H groups in total. The molecule has 0 aliphatic heterocycles. The van der Waals surface area contributed by atoms with Crippen LogP contribution >= 0.6 is 0 Å². The van der Waals surface area contributed by atoms with E-state index in [1.54, 1.807) is 0 Å². The smallest absolute Gasteiger partial charge is 0.0641 e. The Balaban J connectivity index is 1.70. The molecule has 0 unspecified atom stereocenters. The Morgan fingerprint density at radius 1 is 0.690 bits per heavy atom. The molecule has 135 valence electrons. The van der Waals surface area contributed by atoms with Gasteiger partial charge >= 0.3 is 0 Å². The zero-order valence-corrected chi connectivity index (χ0v) is 16.0. The second-order valence-corrected chi connectivity index (χ2v) is 7.72. The molecule has 0 bridgehead atoms. The minimum atomic E-state index is -0.319. The largest absolute Gasteiger partial charge is 0.0652 e. The molecule has 0 fully saturated rings. The second-order valence-electron chi connectivity index (χ2n) is 7.72. The first-order chi connectivity index (χ1) is 14.4. The van der Waals surface area contributed by atoms with Crippen LogP contribution in [0.2, 0.25) is 0 Å². The molecular formula is C29H19. The first-order valence-electron chi connectivity index (χ1n) is 10.0. The zero-order chi connectivity index (χ0) is 19.3. The Kier molecular flexibility index (Phi) is 3.48. The molecule has 29 heavy (non-hydrogen) atoms. The summed E-state index contributed by atoms with van der Waals surface area (Å²) < 4.78 is 0. The average Bonchev–Trinajstić information content (AvgIpc) is 3.16. The van der Waals surface area contributed by atoms with Gasteiger partial charge in [-0.25, -0.2) is 0 Å². The maximum absolute atomic E-state index is 3.76. The van der Waals surface area contributed by atoms with Crippen LogP contribution < -0.4 is 10.4 Å². The summed E-state index contributed by atoms with van der Waals surface area (Å²) in [7, 11) is 0. The molecule has 0 saturated carbocycles. The van der Waals surface area contributed by atoms with Crippen LogP contribution in [0.5, 0.6) is 0 Å². The van der Waals surface area contributed by atoms with Crippen LogP contribution in [0.25, 0.3) is 23.3 Å². The van der Waals surface area contributed by atoms with Gasteiger partial charge in [-0.3, -0.25) is 0 Å². The van der Waals surface area contributed by atoms with Crippen molar-refractivity contribution in [2.75, 3.05) is 0 Å². The van der Waals surface area contributed by atoms with Gasteiger partial charge in [-0.15, -0.1) is 0 Å². The third-order valence-electron chi connectivity index (χ3n) is 6.17. The predicted octanol–water partition coefficient (Wildman–Crippen LogP) is 4.98. The Labute approximate surface area is 170 Å². The number of rotatable bonds is 2. The summed E-state index contributed by atoms with van der Waals surface area (Å²) in [4.78, 5) is 0. The molecule has 4 aromatic carbocycles. The normalized spacial score (nSPS) is 14.9. The number of hydrogen-bond acceptors (Lipinski definition) is 0. The van der Waals surface area contributed by atoms with Crippen molar-refractivity contribution >= 4 is 12.2 Å². The van der Waals surface area contributed by atoms with Crippen LogP contribution in [0.4, 0.5) is 0 Å². The lowest BCUT2D eigenvalue weighted by Crippen LogP contribution is -2.36. The lowest BCUT2D eigenvalue weighted by atomic mass is 9.67. The first kappa shape index (κ1) is 16.3. The molecule has 0 saturated heterocycles. The van der Waals surface area contributed by atoms with E-state index in [0.29, 0.717) is 0 Å². The van der Waals surface area contributed by atoms with E-state index in [2.05, 4.69) is 121 Å². The first-order valence-corrected chi connectivity index (χ1v) is 10.0. The van der Waals surface area contributed by atoms with Gasteiger partial charge in [0, 0.05) is 0 Å². The highest BCUT2D eigenvalue weighted by Crippen LogP contribution is 2.40. The van der Waals surface area contributed by atoms with Crippen molar-refractivity contribution in [1.82, 2.24) is 0 Å². The van der Waals surface area contributed by atoms with Crippen LogP contribution in [-0.2, 0) is 5.41 Å². The fraction of sp³-hybridized carbons (Fsp3) is 0.0345. The number of benzene rings is 4. The van der Waals surface area contributed by atoms with Crippen LogP contribution in [-0.4, -0.2) is 0 Å². The minimum absolute atomic E-state index is 0.319. The van der Waals surface area contributed by atoms with E-state index in [4.69, 9.17) is 0 Å². The SMILES string of the molecule is [c]1c2c(cc3c1=CC=CC3(c1ccccc1)c1ccccc1)=Cc1ccccc1-2. The van der Waals surface area contributed by atoms with Crippen molar-refractivity contribution in [3.8, 4) is 11.1 Å². The van der Waals surface area contributed by atoms with Crippen LogP contribution in [0.3, 0.4) is 0 Å². The van der Waals surface area contributed by atoms with Gasteiger partial charge in [0.15, 0.2) is 0 Å². The van der Waals surface area contributed by atoms with Crippen molar-refractivity contribution in [2.24, 2.45) is 0 Å². The molecule has 0 heterocycles. The van der Waals surface area contributed by atoms with Gasteiger partial charge in [0.2, 0.25) is 0 Å². The third-order valence-corrected chi connectivity index (χ3v) is 6.17.